The molecule has 0 saturated carbocycles. The molecule has 0 heterocycles. The molecule has 0 saturated heterocycles. The average molecular weight is 480 g/mol. The monoisotopic (exact) mass is 479 g/mol. The molecule has 0 aliphatic rings. The van der Waals surface area contributed by atoms with Crippen molar-refractivity contribution >= 4 is 40.5 Å². The van der Waals surface area contributed by atoms with Gasteiger partial charge < -0.3 is 10.1 Å². The number of hydrazone groups is 1. The van der Waals surface area contributed by atoms with E-state index in [2.05, 4.69) is 15.8 Å². The molecule has 7 heteroatoms. The summed E-state index contributed by atoms with van der Waals surface area (Å²) in [5, 5.41) is 8.16. The standard InChI is InChI=1S/C29H25N3O4/c1-3-20-11-14-23(15-12-20)31-27(33)28(34)32-30-18-25-24-10-5-4-8-21(24)13-16-26(25)36-29(35)22-9-6-7-19(2)17-22/h4-18H,3H2,1-2H3,(H,31,33)(H,32,34). The van der Waals surface area contributed by atoms with E-state index in [1.807, 2.05) is 62.4 Å². The van der Waals surface area contributed by atoms with E-state index in [1.54, 1.807) is 36.4 Å². The Balaban J connectivity index is 1.52. The molecular weight excluding hydrogens is 454 g/mol. The van der Waals surface area contributed by atoms with Crippen molar-refractivity contribution in [2.45, 2.75) is 20.3 Å². The highest BCUT2D eigenvalue weighted by Crippen LogP contribution is 2.27. The van der Waals surface area contributed by atoms with Crippen LogP contribution in [0.15, 0.2) is 90.0 Å². The van der Waals surface area contributed by atoms with Crippen LogP contribution in [0.2, 0.25) is 0 Å². The molecule has 0 fully saturated rings. The molecule has 0 unspecified atom stereocenters. The van der Waals surface area contributed by atoms with Gasteiger partial charge in [-0.1, -0.05) is 67.1 Å². The number of rotatable bonds is 6. The maximum Gasteiger partial charge on any atom is 0.343 e. The van der Waals surface area contributed by atoms with Crippen molar-refractivity contribution < 1.29 is 19.1 Å². The summed E-state index contributed by atoms with van der Waals surface area (Å²) in [4.78, 5) is 37.3. The predicted octanol–water partition coefficient (Wildman–Crippen LogP) is 5.02. The summed E-state index contributed by atoms with van der Waals surface area (Å²) >= 11 is 0. The van der Waals surface area contributed by atoms with Gasteiger partial charge in [0.15, 0.2) is 0 Å². The molecule has 0 aromatic heterocycles. The molecule has 7 nitrogen and oxygen atoms in total. The number of aryl methyl sites for hydroxylation is 2. The minimum atomic E-state index is -0.927. The predicted molar refractivity (Wildman–Crippen MR) is 140 cm³/mol. The summed E-state index contributed by atoms with van der Waals surface area (Å²) in [7, 11) is 0. The Morgan fingerprint density at radius 2 is 1.67 bits per heavy atom. The number of carbonyl (C=O) groups excluding carboxylic acids is 3. The summed E-state index contributed by atoms with van der Waals surface area (Å²) in [6, 6.07) is 25.3. The first-order valence-electron chi connectivity index (χ1n) is 11.5. The second kappa shape index (κ2) is 11.1. The van der Waals surface area contributed by atoms with E-state index in [0.717, 1.165) is 28.3 Å². The second-order valence-corrected chi connectivity index (χ2v) is 8.16. The van der Waals surface area contributed by atoms with Gasteiger partial charge in [0.05, 0.1) is 11.8 Å². The summed E-state index contributed by atoms with van der Waals surface area (Å²) in [5.74, 6) is -2.01. The summed E-state index contributed by atoms with van der Waals surface area (Å²) in [5.41, 5.74) is 5.71. The second-order valence-electron chi connectivity index (χ2n) is 8.16. The molecule has 4 rings (SSSR count). The smallest absolute Gasteiger partial charge is 0.343 e. The van der Waals surface area contributed by atoms with Gasteiger partial charge in [-0.15, -0.1) is 0 Å². The number of fused-ring (bicyclic) bond motifs is 1. The minimum Gasteiger partial charge on any atom is -0.422 e. The Labute approximate surface area is 208 Å². The zero-order chi connectivity index (χ0) is 25.5. The molecule has 4 aromatic rings. The van der Waals surface area contributed by atoms with Crippen molar-refractivity contribution in [2.75, 3.05) is 5.32 Å². The third-order valence-corrected chi connectivity index (χ3v) is 5.57. The topological polar surface area (TPSA) is 96.9 Å². The largest absolute Gasteiger partial charge is 0.422 e. The van der Waals surface area contributed by atoms with Gasteiger partial charge in [-0.3, -0.25) is 9.59 Å². The normalized spacial score (nSPS) is 10.8. The number of nitrogens with one attached hydrogen (secondary N) is 2. The van der Waals surface area contributed by atoms with Crippen molar-refractivity contribution in [3.63, 3.8) is 0 Å². The van der Waals surface area contributed by atoms with Gasteiger partial charge in [0.2, 0.25) is 0 Å². The van der Waals surface area contributed by atoms with E-state index in [9.17, 15) is 14.4 Å². The van der Waals surface area contributed by atoms with Crippen LogP contribution in [0.1, 0.15) is 34.0 Å². The lowest BCUT2D eigenvalue weighted by Gasteiger charge is -2.11. The van der Waals surface area contributed by atoms with E-state index < -0.39 is 17.8 Å². The zero-order valence-corrected chi connectivity index (χ0v) is 19.9. The first-order valence-corrected chi connectivity index (χ1v) is 11.5. The number of hydrogen-bond donors (Lipinski definition) is 2. The fraction of sp³-hybridized carbons (Fsp3) is 0.103. The molecule has 2 amide bonds. The molecule has 36 heavy (non-hydrogen) atoms. The zero-order valence-electron chi connectivity index (χ0n) is 19.9. The molecular formula is C29H25N3O4. The van der Waals surface area contributed by atoms with E-state index in [0.29, 0.717) is 16.8 Å². The molecule has 0 spiro atoms. The van der Waals surface area contributed by atoms with Gasteiger partial charge in [-0.2, -0.15) is 5.10 Å². The molecule has 0 radical (unpaired) electrons. The maximum absolute atomic E-state index is 12.8. The fourth-order valence-corrected chi connectivity index (χ4v) is 3.65. The number of nitrogens with zero attached hydrogens (tertiary/aromatic N) is 1. The maximum atomic E-state index is 12.8. The minimum absolute atomic E-state index is 0.277. The van der Waals surface area contributed by atoms with Crippen LogP contribution in [-0.2, 0) is 16.0 Å². The van der Waals surface area contributed by atoms with Crippen LogP contribution < -0.4 is 15.5 Å². The van der Waals surface area contributed by atoms with Gasteiger partial charge in [0.1, 0.15) is 5.75 Å². The Bertz CT molecular complexity index is 1460. The van der Waals surface area contributed by atoms with Crippen LogP contribution >= 0.6 is 0 Å². The molecule has 0 bridgehead atoms. The van der Waals surface area contributed by atoms with E-state index in [4.69, 9.17) is 4.74 Å². The number of esters is 1. The Kier molecular flexibility index (Phi) is 7.51. The number of ether oxygens (including phenoxy) is 1. The van der Waals surface area contributed by atoms with Crippen LogP contribution in [0, 0.1) is 6.92 Å². The van der Waals surface area contributed by atoms with Gasteiger partial charge in [-0.05, 0) is 60.0 Å². The van der Waals surface area contributed by atoms with Crippen molar-refractivity contribution in [1.82, 2.24) is 5.43 Å². The summed E-state index contributed by atoms with van der Waals surface area (Å²) < 4.78 is 5.68. The van der Waals surface area contributed by atoms with E-state index in [-0.39, 0.29) is 5.75 Å². The number of benzene rings is 4. The highest BCUT2D eigenvalue weighted by Gasteiger charge is 2.15. The van der Waals surface area contributed by atoms with Gasteiger partial charge >= 0.3 is 17.8 Å². The van der Waals surface area contributed by atoms with Crippen LogP contribution in [0.3, 0.4) is 0 Å². The first-order chi connectivity index (χ1) is 17.4. The molecule has 180 valence electrons. The Morgan fingerprint density at radius 3 is 2.42 bits per heavy atom. The molecule has 0 aliphatic carbocycles. The van der Waals surface area contributed by atoms with Crippen molar-refractivity contribution in [3.05, 3.63) is 107 Å². The third-order valence-electron chi connectivity index (χ3n) is 5.57. The number of anilines is 1. The van der Waals surface area contributed by atoms with Crippen molar-refractivity contribution in [1.29, 1.82) is 0 Å². The van der Waals surface area contributed by atoms with E-state index in [1.165, 1.54) is 6.21 Å². The van der Waals surface area contributed by atoms with Crippen LogP contribution in [0.25, 0.3) is 10.8 Å². The lowest BCUT2D eigenvalue weighted by molar-refractivity contribution is -0.136. The SMILES string of the molecule is CCc1ccc(NC(=O)C(=O)NN=Cc2c(OC(=O)c3cccc(C)c3)ccc3ccccc23)cc1. The van der Waals surface area contributed by atoms with Crippen LogP contribution in [-0.4, -0.2) is 24.0 Å². The van der Waals surface area contributed by atoms with E-state index >= 15 is 0 Å². The average Bonchev–Trinajstić information content (AvgIpc) is 2.90. The molecule has 0 atom stereocenters. The van der Waals surface area contributed by atoms with Gasteiger partial charge in [0.25, 0.3) is 0 Å². The van der Waals surface area contributed by atoms with Crippen molar-refractivity contribution in [2.24, 2.45) is 5.10 Å². The summed E-state index contributed by atoms with van der Waals surface area (Å²) in [6.07, 6.45) is 2.24. The highest BCUT2D eigenvalue weighted by atomic mass is 16.5. The summed E-state index contributed by atoms with van der Waals surface area (Å²) in [6.45, 7) is 3.92. The first kappa shape index (κ1) is 24.3. The molecule has 2 N–H and O–H groups in total. The lowest BCUT2D eigenvalue weighted by atomic mass is 10.0. The molecule has 0 aliphatic heterocycles. The van der Waals surface area contributed by atoms with Crippen LogP contribution in [0.5, 0.6) is 5.75 Å². The number of hydrogen-bond acceptors (Lipinski definition) is 5. The van der Waals surface area contributed by atoms with Gasteiger partial charge in [0, 0.05) is 11.3 Å². The van der Waals surface area contributed by atoms with Crippen LogP contribution in [0.4, 0.5) is 5.69 Å². The fourth-order valence-electron chi connectivity index (χ4n) is 3.65. The lowest BCUT2D eigenvalue weighted by Crippen LogP contribution is -2.32. The highest BCUT2D eigenvalue weighted by molar-refractivity contribution is 6.39. The third kappa shape index (κ3) is 5.82. The Morgan fingerprint density at radius 1 is 0.889 bits per heavy atom. The van der Waals surface area contributed by atoms with Crippen molar-refractivity contribution in [3.8, 4) is 5.75 Å². The molecule has 4 aromatic carbocycles. The number of carbonyl (C=O) groups is 3. The number of amides is 2. The Hall–Kier alpha value is -4.78. The van der Waals surface area contributed by atoms with Gasteiger partial charge in [-0.25, -0.2) is 10.2 Å². The quantitative estimate of drug-likeness (QED) is 0.133.